The van der Waals surface area contributed by atoms with Crippen molar-refractivity contribution < 1.29 is 4.42 Å². The first kappa shape index (κ1) is 11.0. The van der Waals surface area contributed by atoms with Gasteiger partial charge in [-0.15, -0.1) is 0 Å². The van der Waals surface area contributed by atoms with Crippen molar-refractivity contribution in [1.29, 1.82) is 0 Å². The van der Waals surface area contributed by atoms with Crippen molar-refractivity contribution in [1.82, 2.24) is 14.9 Å². The van der Waals surface area contributed by atoms with Crippen LogP contribution in [-0.4, -0.2) is 9.55 Å². The third-order valence-corrected chi connectivity index (χ3v) is 2.68. The van der Waals surface area contributed by atoms with E-state index in [2.05, 4.69) is 17.2 Å². The van der Waals surface area contributed by atoms with Crippen LogP contribution in [0.1, 0.15) is 30.3 Å². The molecule has 1 N–H and O–H groups in total. The summed E-state index contributed by atoms with van der Waals surface area (Å²) >= 11 is 0. The van der Waals surface area contributed by atoms with Gasteiger partial charge in [0.25, 0.3) is 0 Å². The number of hydrogen-bond acceptors (Lipinski definition) is 3. The summed E-state index contributed by atoms with van der Waals surface area (Å²) in [6.45, 7) is 4.78. The van der Waals surface area contributed by atoms with Gasteiger partial charge in [-0.25, -0.2) is 4.98 Å². The molecule has 2 heterocycles. The molecule has 1 atom stereocenters. The van der Waals surface area contributed by atoms with Crippen molar-refractivity contribution in [3.05, 3.63) is 41.9 Å². The molecule has 0 fully saturated rings. The summed E-state index contributed by atoms with van der Waals surface area (Å²) in [7, 11) is 1.99. The minimum absolute atomic E-state index is 0.199. The van der Waals surface area contributed by atoms with Crippen LogP contribution in [0.2, 0.25) is 0 Å². The SMILES string of the molecule is Cc1ccc(C(C)NCc2nccn2C)o1. The summed E-state index contributed by atoms with van der Waals surface area (Å²) in [5.41, 5.74) is 0. The lowest BCUT2D eigenvalue weighted by Gasteiger charge is -2.10. The third kappa shape index (κ3) is 2.33. The van der Waals surface area contributed by atoms with E-state index < -0.39 is 0 Å². The summed E-state index contributed by atoms with van der Waals surface area (Å²) < 4.78 is 7.56. The Balaban J connectivity index is 1.93. The average molecular weight is 219 g/mol. The van der Waals surface area contributed by atoms with Gasteiger partial charge in [0.1, 0.15) is 17.3 Å². The topological polar surface area (TPSA) is 43.0 Å². The Kier molecular flexibility index (Phi) is 3.10. The zero-order chi connectivity index (χ0) is 11.5. The molecule has 0 aliphatic carbocycles. The van der Waals surface area contributed by atoms with Crippen LogP contribution in [0.3, 0.4) is 0 Å². The summed E-state index contributed by atoms with van der Waals surface area (Å²) in [5.74, 6) is 2.93. The van der Waals surface area contributed by atoms with Crippen LogP contribution in [0.5, 0.6) is 0 Å². The van der Waals surface area contributed by atoms with E-state index in [0.717, 1.165) is 23.9 Å². The Bertz CT molecular complexity index is 458. The number of rotatable bonds is 4. The normalized spacial score (nSPS) is 12.9. The largest absolute Gasteiger partial charge is 0.465 e. The van der Waals surface area contributed by atoms with Crippen molar-refractivity contribution in [2.24, 2.45) is 7.05 Å². The van der Waals surface area contributed by atoms with Crippen LogP contribution in [0.25, 0.3) is 0 Å². The van der Waals surface area contributed by atoms with Gasteiger partial charge >= 0.3 is 0 Å². The monoisotopic (exact) mass is 219 g/mol. The Morgan fingerprint density at radius 3 is 2.88 bits per heavy atom. The number of aromatic nitrogens is 2. The second kappa shape index (κ2) is 4.53. The highest BCUT2D eigenvalue weighted by Gasteiger charge is 2.09. The Morgan fingerprint density at radius 2 is 2.31 bits per heavy atom. The van der Waals surface area contributed by atoms with Crippen LogP contribution in [-0.2, 0) is 13.6 Å². The number of imidazole rings is 1. The van der Waals surface area contributed by atoms with Gasteiger partial charge in [-0.1, -0.05) is 0 Å². The van der Waals surface area contributed by atoms with Gasteiger partial charge in [0.2, 0.25) is 0 Å². The van der Waals surface area contributed by atoms with E-state index in [9.17, 15) is 0 Å². The zero-order valence-electron chi connectivity index (χ0n) is 9.90. The number of nitrogens with one attached hydrogen (secondary N) is 1. The maximum atomic E-state index is 5.56. The molecule has 2 rings (SSSR count). The quantitative estimate of drug-likeness (QED) is 0.857. The lowest BCUT2D eigenvalue weighted by atomic mass is 10.2. The van der Waals surface area contributed by atoms with Crippen molar-refractivity contribution in [2.75, 3.05) is 0 Å². The summed E-state index contributed by atoms with van der Waals surface area (Å²) in [4.78, 5) is 4.26. The second-order valence-corrected chi connectivity index (χ2v) is 4.01. The molecule has 0 aromatic carbocycles. The average Bonchev–Trinajstić information content (AvgIpc) is 2.84. The van der Waals surface area contributed by atoms with Crippen LogP contribution in [0.15, 0.2) is 28.9 Å². The Labute approximate surface area is 95.3 Å². The van der Waals surface area contributed by atoms with Gasteiger partial charge in [0, 0.05) is 19.4 Å². The molecule has 0 saturated heterocycles. The van der Waals surface area contributed by atoms with Crippen molar-refractivity contribution in [3.8, 4) is 0 Å². The third-order valence-electron chi connectivity index (χ3n) is 2.68. The van der Waals surface area contributed by atoms with Gasteiger partial charge < -0.3 is 14.3 Å². The fourth-order valence-electron chi connectivity index (χ4n) is 1.60. The molecule has 1 unspecified atom stereocenters. The molecule has 0 bridgehead atoms. The molecule has 0 saturated carbocycles. The minimum atomic E-state index is 0.199. The molecule has 0 aliphatic rings. The second-order valence-electron chi connectivity index (χ2n) is 4.01. The number of hydrogen-bond donors (Lipinski definition) is 1. The van der Waals surface area contributed by atoms with Crippen molar-refractivity contribution in [2.45, 2.75) is 26.4 Å². The van der Waals surface area contributed by atoms with E-state index in [1.807, 2.05) is 36.9 Å². The maximum absolute atomic E-state index is 5.56. The fraction of sp³-hybridized carbons (Fsp3) is 0.417. The van der Waals surface area contributed by atoms with Crippen molar-refractivity contribution in [3.63, 3.8) is 0 Å². The molecule has 86 valence electrons. The number of nitrogens with zero attached hydrogens (tertiary/aromatic N) is 2. The van der Waals surface area contributed by atoms with E-state index in [-0.39, 0.29) is 6.04 Å². The van der Waals surface area contributed by atoms with Gasteiger partial charge in [-0.05, 0) is 26.0 Å². The van der Waals surface area contributed by atoms with Crippen LogP contribution < -0.4 is 5.32 Å². The summed E-state index contributed by atoms with van der Waals surface area (Å²) in [5, 5.41) is 3.38. The Hall–Kier alpha value is -1.55. The lowest BCUT2D eigenvalue weighted by molar-refractivity contribution is 0.411. The van der Waals surface area contributed by atoms with Crippen LogP contribution in [0.4, 0.5) is 0 Å². The van der Waals surface area contributed by atoms with E-state index in [4.69, 9.17) is 4.42 Å². The van der Waals surface area contributed by atoms with Gasteiger partial charge in [-0.2, -0.15) is 0 Å². The molecule has 4 heteroatoms. The maximum Gasteiger partial charge on any atom is 0.122 e. The molecule has 16 heavy (non-hydrogen) atoms. The summed E-state index contributed by atoms with van der Waals surface area (Å²) in [6, 6.07) is 4.19. The van der Waals surface area contributed by atoms with E-state index in [0.29, 0.717) is 0 Å². The molecule has 2 aromatic rings. The summed E-state index contributed by atoms with van der Waals surface area (Å²) in [6.07, 6.45) is 3.75. The molecule has 0 aliphatic heterocycles. The fourth-order valence-corrected chi connectivity index (χ4v) is 1.60. The predicted molar refractivity (Wildman–Crippen MR) is 61.9 cm³/mol. The highest BCUT2D eigenvalue weighted by Crippen LogP contribution is 2.15. The first-order chi connectivity index (χ1) is 7.66. The molecule has 0 spiro atoms. The molecule has 4 nitrogen and oxygen atoms in total. The predicted octanol–water partition coefficient (Wildman–Crippen LogP) is 2.17. The van der Waals surface area contributed by atoms with Crippen LogP contribution >= 0.6 is 0 Å². The molecule has 0 radical (unpaired) electrons. The molecular formula is C12H17N3O. The standard InChI is InChI=1S/C12H17N3O/c1-9-4-5-11(16-9)10(2)14-8-12-13-6-7-15(12)3/h4-7,10,14H,8H2,1-3H3. The molecular weight excluding hydrogens is 202 g/mol. The van der Waals surface area contributed by atoms with Gasteiger partial charge in [0.15, 0.2) is 0 Å². The number of furan rings is 1. The Morgan fingerprint density at radius 1 is 1.50 bits per heavy atom. The number of aryl methyl sites for hydroxylation is 2. The van der Waals surface area contributed by atoms with Gasteiger partial charge in [-0.3, -0.25) is 0 Å². The highest BCUT2D eigenvalue weighted by atomic mass is 16.3. The zero-order valence-corrected chi connectivity index (χ0v) is 9.90. The van der Waals surface area contributed by atoms with Crippen molar-refractivity contribution >= 4 is 0 Å². The first-order valence-corrected chi connectivity index (χ1v) is 5.42. The molecule has 2 aromatic heterocycles. The first-order valence-electron chi connectivity index (χ1n) is 5.42. The van der Waals surface area contributed by atoms with E-state index >= 15 is 0 Å². The smallest absolute Gasteiger partial charge is 0.122 e. The minimum Gasteiger partial charge on any atom is -0.465 e. The highest BCUT2D eigenvalue weighted by molar-refractivity contribution is 5.09. The van der Waals surface area contributed by atoms with Gasteiger partial charge in [0.05, 0.1) is 12.6 Å². The van der Waals surface area contributed by atoms with Crippen LogP contribution in [0, 0.1) is 6.92 Å². The lowest BCUT2D eigenvalue weighted by Crippen LogP contribution is -2.19. The van der Waals surface area contributed by atoms with E-state index in [1.165, 1.54) is 0 Å². The molecule has 0 amide bonds. The van der Waals surface area contributed by atoms with E-state index in [1.54, 1.807) is 6.20 Å².